The second-order valence-electron chi connectivity index (χ2n) is 6.00. The van der Waals surface area contributed by atoms with Gasteiger partial charge in [-0.1, -0.05) is 6.42 Å². The summed E-state index contributed by atoms with van der Waals surface area (Å²) < 4.78 is 2.34. The van der Waals surface area contributed by atoms with E-state index >= 15 is 0 Å². The molecule has 19 heavy (non-hydrogen) atoms. The number of nitrogens with two attached hydrogens (primary N) is 1. The highest BCUT2D eigenvalue weighted by molar-refractivity contribution is 5.75. The Hall–Kier alpha value is -1.42. The van der Waals surface area contributed by atoms with Gasteiger partial charge in [0.1, 0.15) is 11.3 Å². The molecular formula is C15H24N4. The minimum Gasteiger partial charge on any atom is -0.330 e. The molecule has 0 saturated heterocycles. The van der Waals surface area contributed by atoms with Crippen LogP contribution in [0.1, 0.15) is 45.9 Å². The summed E-state index contributed by atoms with van der Waals surface area (Å²) in [5, 5.41) is 0. The maximum Gasteiger partial charge on any atom is 0.110 e. The Kier molecular flexibility index (Phi) is 4.20. The van der Waals surface area contributed by atoms with Crippen LogP contribution in [0.3, 0.4) is 0 Å². The number of imidazole rings is 1. The quantitative estimate of drug-likeness (QED) is 0.841. The van der Waals surface area contributed by atoms with Crippen LogP contribution in [0.15, 0.2) is 18.5 Å². The van der Waals surface area contributed by atoms with Crippen molar-refractivity contribution in [1.29, 1.82) is 0 Å². The van der Waals surface area contributed by atoms with E-state index in [9.17, 15) is 0 Å². The summed E-state index contributed by atoms with van der Waals surface area (Å²) in [5.74, 6) is 1.16. The fourth-order valence-electron chi connectivity index (χ4n) is 2.50. The molecule has 0 fully saturated rings. The highest BCUT2D eigenvalue weighted by Gasteiger charge is 2.20. The summed E-state index contributed by atoms with van der Waals surface area (Å²) in [5.41, 5.74) is 7.75. The van der Waals surface area contributed by atoms with Crippen molar-refractivity contribution >= 4 is 11.0 Å². The SMILES string of the molecule is CC(C)(C)n1c(CCCCCN)nc2cnccc21. The van der Waals surface area contributed by atoms with Crippen LogP contribution in [0.2, 0.25) is 0 Å². The summed E-state index contributed by atoms with van der Waals surface area (Å²) in [7, 11) is 0. The van der Waals surface area contributed by atoms with Crippen molar-refractivity contribution in [2.24, 2.45) is 5.73 Å². The number of pyridine rings is 1. The van der Waals surface area contributed by atoms with Crippen molar-refractivity contribution < 1.29 is 0 Å². The Labute approximate surface area is 115 Å². The molecule has 2 heterocycles. The van der Waals surface area contributed by atoms with E-state index in [0.717, 1.165) is 37.1 Å². The number of aryl methyl sites for hydroxylation is 1. The molecule has 0 atom stereocenters. The predicted molar refractivity (Wildman–Crippen MR) is 79.1 cm³/mol. The Morgan fingerprint density at radius 3 is 2.68 bits per heavy atom. The Bertz CT molecular complexity index is 537. The Balaban J connectivity index is 2.31. The molecule has 0 amide bonds. The number of rotatable bonds is 5. The largest absolute Gasteiger partial charge is 0.330 e. The van der Waals surface area contributed by atoms with Gasteiger partial charge in [-0.2, -0.15) is 0 Å². The Morgan fingerprint density at radius 1 is 1.21 bits per heavy atom. The van der Waals surface area contributed by atoms with Gasteiger partial charge >= 0.3 is 0 Å². The fraction of sp³-hybridized carbons (Fsp3) is 0.600. The first-order valence-corrected chi connectivity index (χ1v) is 7.06. The first kappa shape index (κ1) is 14.0. The summed E-state index contributed by atoms with van der Waals surface area (Å²) in [4.78, 5) is 8.91. The molecule has 0 aliphatic heterocycles. The van der Waals surface area contributed by atoms with Gasteiger partial charge in [0.25, 0.3) is 0 Å². The van der Waals surface area contributed by atoms with E-state index in [4.69, 9.17) is 10.7 Å². The van der Waals surface area contributed by atoms with E-state index in [2.05, 4.69) is 36.4 Å². The molecule has 0 aliphatic rings. The third-order valence-corrected chi connectivity index (χ3v) is 3.30. The minimum atomic E-state index is 0.0410. The van der Waals surface area contributed by atoms with Crippen molar-refractivity contribution in [2.75, 3.05) is 6.54 Å². The average Bonchev–Trinajstić information content (AvgIpc) is 2.72. The molecule has 0 unspecified atom stereocenters. The zero-order valence-corrected chi connectivity index (χ0v) is 12.2. The van der Waals surface area contributed by atoms with Crippen molar-refractivity contribution in [3.05, 3.63) is 24.3 Å². The maximum atomic E-state index is 5.54. The minimum absolute atomic E-state index is 0.0410. The van der Waals surface area contributed by atoms with Gasteiger partial charge in [-0.3, -0.25) is 4.98 Å². The average molecular weight is 260 g/mol. The molecular weight excluding hydrogens is 236 g/mol. The van der Waals surface area contributed by atoms with E-state index in [0.29, 0.717) is 0 Å². The lowest BCUT2D eigenvalue weighted by Crippen LogP contribution is -2.24. The number of aromatic nitrogens is 3. The molecule has 2 aromatic rings. The van der Waals surface area contributed by atoms with Crippen LogP contribution in [0.5, 0.6) is 0 Å². The van der Waals surface area contributed by atoms with Gasteiger partial charge in [-0.25, -0.2) is 4.98 Å². The van der Waals surface area contributed by atoms with Crippen molar-refractivity contribution in [3.63, 3.8) is 0 Å². The number of unbranched alkanes of at least 4 members (excludes halogenated alkanes) is 2. The molecule has 0 aliphatic carbocycles. The van der Waals surface area contributed by atoms with Gasteiger partial charge in [0, 0.05) is 18.2 Å². The lowest BCUT2D eigenvalue weighted by atomic mass is 10.1. The van der Waals surface area contributed by atoms with Crippen molar-refractivity contribution in [3.8, 4) is 0 Å². The fourth-order valence-corrected chi connectivity index (χ4v) is 2.50. The maximum absolute atomic E-state index is 5.54. The summed E-state index contributed by atoms with van der Waals surface area (Å²) in [6.45, 7) is 7.44. The van der Waals surface area contributed by atoms with E-state index in [1.54, 1.807) is 0 Å². The van der Waals surface area contributed by atoms with Crippen LogP contribution in [-0.2, 0) is 12.0 Å². The molecule has 4 heteroatoms. The Morgan fingerprint density at radius 2 is 2.00 bits per heavy atom. The second-order valence-corrected chi connectivity index (χ2v) is 6.00. The zero-order valence-electron chi connectivity index (χ0n) is 12.2. The standard InChI is InChI=1S/C15H24N4/c1-15(2,3)19-13-8-10-17-11-12(13)18-14(19)7-5-4-6-9-16/h8,10-11H,4-7,9,16H2,1-3H3. The van der Waals surface area contributed by atoms with Gasteiger partial charge < -0.3 is 10.3 Å². The van der Waals surface area contributed by atoms with Gasteiger partial charge in [0.05, 0.1) is 11.7 Å². The normalized spacial score (nSPS) is 12.2. The molecule has 2 aromatic heterocycles. The van der Waals surface area contributed by atoms with Gasteiger partial charge in [0.15, 0.2) is 0 Å². The molecule has 104 valence electrons. The van der Waals surface area contributed by atoms with Crippen LogP contribution in [0, 0.1) is 0 Å². The van der Waals surface area contributed by atoms with E-state index in [1.165, 1.54) is 11.9 Å². The molecule has 2 rings (SSSR count). The third-order valence-electron chi connectivity index (χ3n) is 3.30. The number of fused-ring (bicyclic) bond motifs is 1. The molecule has 0 saturated carbocycles. The smallest absolute Gasteiger partial charge is 0.110 e. The van der Waals surface area contributed by atoms with Crippen LogP contribution < -0.4 is 5.73 Å². The summed E-state index contributed by atoms with van der Waals surface area (Å²) in [6.07, 6.45) is 8.10. The van der Waals surface area contributed by atoms with E-state index < -0.39 is 0 Å². The molecule has 4 nitrogen and oxygen atoms in total. The van der Waals surface area contributed by atoms with Gasteiger partial charge in [-0.15, -0.1) is 0 Å². The molecule has 2 N–H and O–H groups in total. The molecule has 0 radical (unpaired) electrons. The highest BCUT2D eigenvalue weighted by Crippen LogP contribution is 2.25. The third kappa shape index (κ3) is 3.13. The van der Waals surface area contributed by atoms with Crippen molar-refractivity contribution in [1.82, 2.24) is 14.5 Å². The number of nitrogens with zero attached hydrogens (tertiary/aromatic N) is 3. The van der Waals surface area contributed by atoms with Crippen LogP contribution >= 0.6 is 0 Å². The molecule has 0 bridgehead atoms. The molecule has 0 spiro atoms. The number of hydrogen-bond acceptors (Lipinski definition) is 3. The van der Waals surface area contributed by atoms with Crippen LogP contribution in [0.25, 0.3) is 11.0 Å². The van der Waals surface area contributed by atoms with E-state index in [-0.39, 0.29) is 5.54 Å². The van der Waals surface area contributed by atoms with Crippen molar-refractivity contribution in [2.45, 2.75) is 52.0 Å². The monoisotopic (exact) mass is 260 g/mol. The lowest BCUT2D eigenvalue weighted by Gasteiger charge is -2.24. The summed E-state index contributed by atoms with van der Waals surface area (Å²) >= 11 is 0. The second kappa shape index (κ2) is 5.70. The van der Waals surface area contributed by atoms with Crippen LogP contribution in [-0.4, -0.2) is 21.1 Å². The number of hydrogen-bond donors (Lipinski definition) is 1. The first-order chi connectivity index (χ1) is 9.04. The predicted octanol–water partition coefficient (Wildman–Crippen LogP) is 2.86. The first-order valence-electron chi connectivity index (χ1n) is 7.06. The molecule has 0 aromatic carbocycles. The van der Waals surface area contributed by atoms with Gasteiger partial charge in [0.2, 0.25) is 0 Å². The lowest BCUT2D eigenvalue weighted by molar-refractivity contribution is 0.391. The highest BCUT2D eigenvalue weighted by atomic mass is 15.1. The zero-order chi connectivity index (χ0) is 13.9. The van der Waals surface area contributed by atoms with Crippen LogP contribution in [0.4, 0.5) is 0 Å². The van der Waals surface area contributed by atoms with E-state index in [1.807, 2.05) is 12.4 Å². The summed E-state index contributed by atoms with van der Waals surface area (Å²) in [6, 6.07) is 2.05. The topological polar surface area (TPSA) is 56.7 Å². The van der Waals surface area contributed by atoms with Gasteiger partial charge in [-0.05, 0) is 46.2 Å².